The number of likely N-dealkylation sites (N-methyl/N-ethyl adjacent to an activating group) is 1. The second-order valence-electron chi connectivity index (χ2n) is 20.7. The summed E-state index contributed by atoms with van der Waals surface area (Å²) >= 11 is 0. The van der Waals surface area contributed by atoms with Crippen molar-refractivity contribution < 1.29 is 47.3 Å². The van der Waals surface area contributed by atoms with Gasteiger partial charge in [0.1, 0.15) is 17.8 Å². The molecule has 0 unspecified atom stereocenters. The molecule has 18 heteroatoms. The van der Waals surface area contributed by atoms with Gasteiger partial charge in [0.2, 0.25) is 11.8 Å². The van der Waals surface area contributed by atoms with E-state index in [2.05, 4.69) is 32.1 Å². The number of nitrogens with one attached hydrogen (secondary N) is 2. The smallest absolute Gasteiger partial charge is 0.331 e. The normalized spacial score (nSPS) is 20.9. The number of nitrogens with zero attached hydrogens (tertiary/aromatic N) is 6. The standard InChI is InChI=1S/C54H68F2N8O8/c1-11-63-44-15-14-35-27-40(44)41(47(63)42-29-57-19-16-39(42)33(4)71-10)28-53(5,6)31-72-52(70)48-54(55,56)18-22-64(59-48)51(69)43(25-34-23-37(35)26-38(65)24-34)58-49(67)46(32(2)3)61(9)50(68)36-17-21-62(30-36)45(66)13-12-20-60(7)8/h14-16,19,23-24,26-27,29,32-33,36,43,46,48,59,65H,11,17-18,20-22,25,28,30-31H2,1-10H3,(H,58,67)/t33-,36-,43-,46-,48+/m0/s1. The molecular formula is C54H68F2N8O8. The van der Waals surface area contributed by atoms with Crippen LogP contribution in [0.1, 0.15) is 77.2 Å². The number of benzene rings is 2. The number of cyclic esters (lactones) is 1. The molecular weight excluding hydrogens is 927 g/mol. The Morgan fingerprint density at radius 2 is 1.81 bits per heavy atom. The second-order valence-corrected chi connectivity index (χ2v) is 20.7. The highest BCUT2D eigenvalue weighted by atomic mass is 19.3. The van der Waals surface area contributed by atoms with Crippen molar-refractivity contribution in [1.82, 2.24) is 40.0 Å². The summed E-state index contributed by atoms with van der Waals surface area (Å²) in [7, 11) is 6.82. The monoisotopic (exact) mass is 995 g/mol. The highest BCUT2D eigenvalue weighted by molar-refractivity contribution is 5.97. The number of halogens is 2. The van der Waals surface area contributed by atoms with E-state index in [1.165, 1.54) is 22.9 Å². The molecule has 3 aliphatic rings. The molecule has 5 atom stereocenters. The number of rotatable bonds is 10. The number of amides is 4. The Hall–Kier alpha value is -6.42. The summed E-state index contributed by atoms with van der Waals surface area (Å²) in [4.78, 5) is 79.4. The number of carbonyl (C=O) groups excluding carboxylic acids is 5. The maximum atomic E-state index is 15.9. The fourth-order valence-electron chi connectivity index (χ4n) is 10.2. The van der Waals surface area contributed by atoms with Crippen molar-refractivity contribution in [2.24, 2.45) is 17.3 Å². The number of phenols is 1. The molecule has 386 valence electrons. The third-order valence-corrected chi connectivity index (χ3v) is 14.0. The molecule has 72 heavy (non-hydrogen) atoms. The number of hydrogen-bond donors (Lipinski definition) is 3. The first-order valence-corrected chi connectivity index (χ1v) is 24.6. The summed E-state index contributed by atoms with van der Waals surface area (Å²) in [6.07, 6.45) is 2.83. The minimum absolute atomic E-state index is 0.118. The highest BCUT2D eigenvalue weighted by Crippen LogP contribution is 2.43. The van der Waals surface area contributed by atoms with E-state index in [4.69, 9.17) is 9.47 Å². The number of aromatic hydroxyl groups is 1. The van der Waals surface area contributed by atoms with Crippen LogP contribution in [0.3, 0.4) is 0 Å². The molecule has 2 saturated heterocycles. The van der Waals surface area contributed by atoms with E-state index in [1.54, 1.807) is 39.4 Å². The number of phenolic OH excluding ortho intramolecular Hbond substituents is 1. The van der Waals surface area contributed by atoms with Crippen LogP contribution in [0.4, 0.5) is 8.78 Å². The van der Waals surface area contributed by atoms with Crippen molar-refractivity contribution >= 4 is 40.5 Å². The zero-order chi connectivity index (χ0) is 52.4. The van der Waals surface area contributed by atoms with Crippen molar-refractivity contribution in [3.05, 3.63) is 71.5 Å². The van der Waals surface area contributed by atoms with Crippen LogP contribution in [0, 0.1) is 29.1 Å². The van der Waals surface area contributed by atoms with Gasteiger partial charge in [-0.25, -0.2) is 14.2 Å². The molecule has 16 nitrogen and oxygen atoms in total. The molecule has 0 saturated carbocycles. The largest absolute Gasteiger partial charge is 0.508 e. The van der Waals surface area contributed by atoms with Crippen LogP contribution < -0.4 is 10.7 Å². The molecule has 3 aliphatic heterocycles. The van der Waals surface area contributed by atoms with Crippen LogP contribution >= 0.6 is 0 Å². The number of esters is 1. The van der Waals surface area contributed by atoms with Crippen LogP contribution in [0.15, 0.2) is 54.9 Å². The van der Waals surface area contributed by atoms with Gasteiger partial charge in [-0.3, -0.25) is 38.9 Å². The van der Waals surface area contributed by atoms with E-state index < -0.39 is 78.0 Å². The maximum absolute atomic E-state index is 15.9. The molecule has 0 aliphatic carbocycles. The SMILES string of the molecule is CCn1c(-c2cnccc2[C@H](C)OC)c2c3cc(ccc31)-c1cc(O)cc(c1)C[C@H](NC(=O)[C@H](C(C)C)N(C)C(=O)[C@H]1CCN(C(=O)C#CCN(C)C)C1)C(=O)N1CCC(F)(F)[C@H](N1)C(=O)OCC(C)(C)C2. The van der Waals surface area contributed by atoms with Crippen molar-refractivity contribution in [3.63, 3.8) is 0 Å². The Bertz CT molecular complexity index is 2780. The van der Waals surface area contributed by atoms with E-state index in [0.29, 0.717) is 43.6 Å². The molecule has 7 rings (SSSR count). The summed E-state index contributed by atoms with van der Waals surface area (Å²) in [6.45, 7) is 11.9. The summed E-state index contributed by atoms with van der Waals surface area (Å²) in [5, 5.41) is 16.0. The van der Waals surface area contributed by atoms with Gasteiger partial charge < -0.3 is 34.3 Å². The Morgan fingerprint density at radius 1 is 1.06 bits per heavy atom. The number of hydrazine groups is 1. The Morgan fingerprint density at radius 3 is 2.50 bits per heavy atom. The number of aryl methyl sites for hydroxylation is 1. The van der Waals surface area contributed by atoms with Gasteiger partial charge >= 0.3 is 5.97 Å². The van der Waals surface area contributed by atoms with Crippen LogP contribution in [0.5, 0.6) is 5.75 Å². The molecule has 2 aromatic heterocycles. The molecule has 2 aromatic carbocycles. The summed E-state index contributed by atoms with van der Waals surface area (Å²) in [5.41, 5.74) is 7.86. The van der Waals surface area contributed by atoms with Gasteiger partial charge in [-0.1, -0.05) is 45.7 Å². The van der Waals surface area contributed by atoms with Crippen molar-refractivity contribution in [2.45, 2.75) is 104 Å². The number of carbonyl (C=O) groups is 5. The molecule has 6 bridgehead atoms. The van der Waals surface area contributed by atoms with E-state index in [1.807, 2.05) is 77.0 Å². The average Bonchev–Trinajstić information content (AvgIpc) is 3.94. The van der Waals surface area contributed by atoms with Crippen LogP contribution in [-0.4, -0.2) is 149 Å². The van der Waals surface area contributed by atoms with Gasteiger partial charge in [0.25, 0.3) is 17.7 Å². The highest BCUT2D eigenvalue weighted by Gasteiger charge is 2.51. The first kappa shape index (κ1) is 53.4. The van der Waals surface area contributed by atoms with E-state index in [9.17, 15) is 29.1 Å². The minimum Gasteiger partial charge on any atom is -0.508 e. The molecule has 3 N–H and O–H groups in total. The van der Waals surface area contributed by atoms with Gasteiger partial charge in [-0.2, -0.15) is 0 Å². The zero-order valence-corrected chi connectivity index (χ0v) is 43.0. The van der Waals surface area contributed by atoms with Crippen molar-refractivity contribution in [3.8, 4) is 40.0 Å². The van der Waals surface area contributed by atoms with Crippen molar-refractivity contribution in [2.75, 3.05) is 61.0 Å². The van der Waals surface area contributed by atoms with Gasteiger partial charge in [0.05, 0.1) is 30.9 Å². The lowest BCUT2D eigenvalue weighted by atomic mass is 9.84. The summed E-state index contributed by atoms with van der Waals surface area (Å²) in [6, 6.07) is 8.01. The van der Waals surface area contributed by atoms with Crippen LogP contribution in [0.2, 0.25) is 0 Å². The van der Waals surface area contributed by atoms with Gasteiger partial charge in [-0.15, -0.1) is 0 Å². The number of methoxy groups -OCH3 is 1. The van der Waals surface area contributed by atoms with E-state index in [-0.39, 0.29) is 37.3 Å². The summed E-state index contributed by atoms with van der Waals surface area (Å²) in [5.74, 6) is -2.88. The number of alkyl halides is 2. The molecule has 5 heterocycles. The fraction of sp³-hybridized carbons (Fsp3) is 0.519. The predicted molar refractivity (Wildman–Crippen MR) is 268 cm³/mol. The zero-order valence-electron chi connectivity index (χ0n) is 43.0. The Kier molecular flexibility index (Phi) is 16.1. The molecule has 2 fully saturated rings. The average molecular weight is 995 g/mol. The minimum atomic E-state index is -3.62. The lowest BCUT2D eigenvalue weighted by molar-refractivity contribution is -0.176. The van der Waals surface area contributed by atoms with Crippen LogP contribution in [-0.2, 0) is 52.8 Å². The quantitative estimate of drug-likeness (QED) is 0.133. The van der Waals surface area contributed by atoms with Gasteiger partial charge in [0.15, 0.2) is 6.04 Å². The number of pyridine rings is 1. The molecule has 0 radical (unpaired) electrons. The van der Waals surface area contributed by atoms with E-state index >= 15 is 8.78 Å². The molecule has 4 amide bonds. The Balaban J connectivity index is 1.29. The lowest BCUT2D eigenvalue weighted by Crippen LogP contribution is -2.67. The predicted octanol–water partition coefficient (Wildman–Crippen LogP) is 5.59. The number of fused-ring (bicyclic) bond motifs is 6. The molecule has 4 aromatic rings. The number of hydrogen-bond acceptors (Lipinski definition) is 11. The first-order valence-electron chi connectivity index (χ1n) is 24.6. The fourth-order valence-corrected chi connectivity index (χ4v) is 10.2. The number of ether oxygens (including phenoxy) is 2. The lowest BCUT2D eigenvalue weighted by Gasteiger charge is -2.40. The number of likely N-dealkylation sites (tertiary alicyclic amines) is 1. The van der Waals surface area contributed by atoms with Crippen molar-refractivity contribution in [1.29, 1.82) is 0 Å². The third-order valence-electron chi connectivity index (χ3n) is 14.0. The topological polar surface area (TPSA) is 179 Å². The Labute approximate surface area is 420 Å². The van der Waals surface area contributed by atoms with E-state index in [0.717, 1.165) is 43.9 Å². The molecule has 0 spiro atoms. The second kappa shape index (κ2) is 21.7. The summed E-state index contributed by atoms with van der Waals surface area (Å²) < 4.78 is 45.5. The maximum Gasteiger partial charge on any atom is 0.331 e. The third kappa shape index (κ3) is 11.4. The number of aromatic nitrogens is 2. The van der Waals surface area contributed by atoms with Gasteiger partial charge in [0, 0.05) is 87.5 Å². The first-order chi connectivity index (χ1) is 34.0. The van der Waals surface area contributed by atoms with Crippen LogP contribution in [0.25, 0.3) is 33.3 Å². The van der Waals surface area contributed by atoms with Gasteiger partial charge in [-0.05, 0) is 111 Å².